The minimum Gasteiger partial charge on any atom is -0.491 e. The van der Waals surface area contributed by atoms with Crippen LogP contribution in [0.15, 0.2) is 24.3 Å². The summed E-state index contributed by atoms with van der Waals surface area (Å²) in [5.74, 6) is 2.49. The van der Waals surface area contributed by atoms with Gasteiger partial charge < -0.3 is 10.5 Å². The molecular weight excluding hydrogens is 240 g/mol. The SMILES string of the molecule is CC(C)Oc1ccc(-c2nc(CCN)nn2C)cc1. The number of aryl methyl sites for hydroxylation is 1. The molecule has 0 amide bonds. The highest BCUT2D eigenvalue weighted by Crippen LogP contribution is 2.21. The Morgan fingerprint density at radius 3 is 2.53 bits per heavy atom. The van der Waals surface area contributed by atoms with E-state index in [1.165, 1.54) is 0 Å². The lowest BCUT2D eigenvalue weighted by molar-refractivity contribution is 0.242. The van der Waals surface area contributed by atoms with Crippen LogP contribution in [0.5, 0.6) is 5.75 Å². The van der Waals surface area contributed by atoms with Crippen molar-refractivity contribution < 1.29 is 4.74 Å². The predicted octanol–water partition coefficient (Wildman–Crippen LogP) is 1.77. The smallest absolute Gasteiger partial charge is 0.158 e. The van der Waals surface area contributed by atoms with Crippen LogP contribution in [0.4, 0.5) is 0 Å². The molecule has 2 rings (SSSR count). The van der Waals surface area contributed by atoms with Crippen LogP contribution in [-0.4, -0.2) is 27.4 Å². The van der Waals surface area contributed by atoms with Gasteiger partial charge in [-0.05, 0) is 44.7 Å². The first kappa shape index (κ1) is 13.5. The Kier molecular flexibility index (Phi) is 4.16. The fourth-order valence-electron chi connectivity index (χ4n) is 1.88. The maximum Gasteiger partial charge on any atom is 0.158 e. The molecule has 102 valence electrons. The van der Waals surface area contributed by atoms with Crippen molar-refractivity contribution in [3.05, 3.63) is 30.1 Å². The van der Waals surface area contributed by atoms with E-state index in [0.717, 1.165) is 23.0 Å². The van der Waals surface area contributed by atoms with Crippen LogP contribution in [0.1, 0.15) is 19.7 Å². The zero-order chi connectivity index (χ0) is 13.8. The monoisotopic (exact) mass is 260 g/mol. The second-order valence-electron chi connectivity index (χ2n) is 4.70. The molecule has 5 nitrogen and oxygen atoms in total. The van der Waals surface area contributed by atoms with E-state index in [1.54, 1.807) is 4.68 Å². The lowest BCUT2D eigenvalue weighted by Crippen LogP contribution is -2.05. The van der Waals surface area contributed by atoms with Crippen molar-refractivity contribution in [1.29, 1.82) is 0 Å². The highest BCUT2D eigenvalue weighted by molar-refractivity contribution is 5.56. The summed E-state index contributed by atoms with van der Waals surface area (Å²) in [7, 11) is 1.89. The first-order chi connectivity index (χ1) is 9.10. The molecule has 0 bridgehead atoms. The second kappa shape index (κ2) is 5.84. The predicted molar refractivity (Wildman–Crippen MR) is 75.0 cm³/mol. The van der Waals surface area contributed by atoms with Gasteiger partial charge in [-0.25, -0.2) is 9.67 Å². The van der Waals surface area contributed by atoms with Crippen LogP contribution >= 0.6 is 0 Å². The fourth-order valence-corrected chi connectivity index (χ4v) is 1.88. The highest BCUT2D eigenvalue weighted by Gasteiger charge is 2.09. The summed E-state index contributed by atoms with van der Waals surface area (Å²) in [6, 6.07) is 7.89. The summed E-state index contributed by atoms with van der Waals surface area (Å²) in [6.45, 7) is 4.58. The fraction of sp³-hybridized carbons (Fsp3) is 0.429. The molecule has 0 saturated heterocycles. The third-order valence-electron chi connectivity index (χ3n) is 2.66. The van der Waals surface area contributed by atoms with Crippen LogP contribution in [-0.2, 0) is 13.5 Å². The molecule has 5 heteroatoms. The molecule has 0 aliphatic rings. The van der Waals surface area contributed by atoms with Crippen LogP contribution in [0.25, 0.3) is 11.4 Å². The quantitative estimate of drug-likeness (QED) is 0.889. The average molecular weight is 260 g/mol. The Morgan fingerprint density at radius 2 is 1.95 bits per heavy atom. The number of hydrogen-bond acceptors (Lipinski definition) is 4. The number of benzene rings is 1. The normalized spacial score (nSPS) is 11.0. The van der Waals surface area contributed by atoms with E-state index >= 15 is 0 Å². The van der Waals surface area contributed by atoms with Gasteiger partial charge in [-0.2, -0.15) is 5.10 Å². The van der Waals surface area contributed by atoms with Gasteiger partial charge in [0.05, 0.1) is 6.10 Å². The summed E-state index contributed by atoms with van der Waals surface area (Å²) in [5, 5.41) is 4.34. The number of ether oxygens (including phenoxy) is 1. The van der Waals surface area contributed by atoms with Crippen molar-refractivity contribution in [3.8, 4) is 17.1 Å². The van der Waals surface area contributed by atoms with Gasteiger partial charge in [0.1, 0.15) is 5.75 Å². The maximum atomic E-state index is 5.62. The van der Waals surface area contributed by atoms with Crippen LogP contribution in [0.3, 0.4) is 0 Å². The second-order valence-corrected chi connectivity index (χ2v) is 4.70. The van der Waals surface area contributed by atoms with Crippen molar-refractivity contribution in [3.63, 3.8) is 0 Å². The Hall–Kier alpha value is -1.88. The molecule has 0 aliphatic carbocycles. The topological polar surface area (TPSA) is 66.0 Å². The molecule has 2 aromatic rings. The third kappa shape index (κ3) is 3.32. The average Bonchev–Trinajstić information content (AvgIpc) is 2.71. The molecule has 19 heavy (non-hydrogen) atoms. The van der Waals surface area contributed by atoms with Crippen molar-refractivity contribution in [2.45, 2.75) is 26.4 Å². The van der Waals surface area contributed by atoms with Crippen molar-refractivity contribution in [2.24, 2.45) is 12.8 Å². The zero-order valence-corrected chi connectivity index (χ0v) is 11.6. The lowest BCUT2D eigenvalue weighted by atomic mass is 10.2. The van der Waals surface area contributed by atoms with Crippen molar-refractivity contribution in [1.82, 2.24) is 14.8 Å². The molecular formula is C14H20N4O. The van der Waals surface area contributed by atoms with Crippen LogP contribution < -0.4 is 10.5 Å². The van der Waals surface area contributed by atoms with Gasteiger partial charge in [0, 0.05) is 19.0 Å². The van der Waals surface area contributed by atoms with E-state index in [9.17, 15) is 0 Å². The Bertz CT molecular complexity index is 531. The summed E-state index contributed by atoms with van der Waals surface area (Å²) in [4.78, 5) is 4.49. The van der Waals surface area contributed by atoms with Gasteiger partial charge in [0.15, 0.2) is 11.6 Å². The molecule has 0 unspecified atom stereocenters. The van der Waals surface area contributed by atoms with Crippen molar-refractivity contribution in [2.75, 3.05) is 6.54 Å². The number of aromatic nitrogens is 3. The van der Waals surface area contributed by atoms with E-state index in [1.807, 2.05) is 45.2 Å². The van der Waals surface area contributed by atoms with E-state index in [2.05, 4.69) is 10.1 Å². The molecule has 2 N–H and O–H groups in total. The van der Waals surface area contributed by atoms with Gasteiger partial charge >= 0.3 is 0 Å². The van der Waals surface area contributed by atoms with Crippen LogP contribution in [0.2, 0.25) is 0 Å². The number of nitrogens with two attached hydrogens (primary N) is 1. The molecule has 1 aromatic carbocycles. The Balaban J connectivity index is 2.21. The zero-order valence-electron chi connectivity index (χ0n) is 11.6. The summed E-state index contributed by atoms with van der Waals surface area (Å²) >= 11 is 0. The minimum absolute atomic E-state index is 0.178. The minimum atomic E-state index is 0.178. The van der Waals surface area contributed by atoms with E-state index in [-0.39, 0.29) is 6.10 Å². The summed E-state index contributed by atoms with van der Waals surface area (Å²) < 4.78 is 7.40. The van der Waals surface area contributed by atoms with Gasteiger partial charge in [-0.3, -0.25) is 0 Å². The summed E-state index contributed by atoms with van der Waals surface area (Å²) in [5.41, 5.74) is 6.54. The summed E-state index contributed by atoms with van der Waals surface area (Å²) in [6.07, 6.45) is 0.874. The molecule has 0 saturated carbocycles. The highest BCUT2D eigenvalue weighted by atomic mass is 16.5. The molecule has 0 radical (unpaired) electrons. The van der Waals surface area contributed by atoms with Crippen LogP contribution in [0, 0.1) is 0 Å². The molecule has 0 aliphatic heterocycles. The van der Waals surface area contributed by atoms with E-state index < -0.39 is 0 Å². The molecule has 1 aromatic heterocycles. The van der Waals surface area contributed by atoms with Gasteiger partial charge in [-0.1, -0.05) is 0 Å². The van der Waals surface area contributed by atoms with Crippen molar-refractivity contribution >= 4 is 0 Å². The molecule has 0 atom stereocenters. The molecule has 1 heterocycles. The first-order valence-corrected chi connectivity index (χ1v) is 6.47. The number of nitrogens with zero attached hydrogens (tertiary/aromatic N) is 3. The number of rotatable bonds is 5. The van der Waals surface area contributed by atoms with E-state index in [4.69, 9.17) is 10.5 Å². The Morgan fingerprint density at radius 1 is 1.26 bits per heavy atom. The van der Waals surface area contributed by atoms with Gasteiger partial charge in [0.2, 0.25) is 0 Å². The molecule has 0 spiro atoms. The van der Waals surface area contributed by atoms with Gasteiger partial charge in [0.25, 0.3) is 0 Å². The standard InChI is InChI=1S/C14H20N4O/c1-10(2)19-12-6-4-11(5-7-12)14-16-13(8-9-15)17-18(14)3/h4-7,10H,8-9,15H2,1-3H3. The lowest BCUT2D eigenvalue weighted by Gasteiger charge is -2.09. The van der Waals surface area contributed by atoms with Gasteiger partial charge in [-0.15, -0.1) is 0 Å². The Labute approximate surface area is 113 Å². The first-order valence-electron chi connectivity index (χ1n) is 6.47. The largest absolute Gasteiger partial charge is 0.491 e. The van der Waals surface area contributed by atoms with E-state index in [0.29, 0.717) is 13.0 Å². The number of hydrogen-bond donors (Lipinski definition) is 1. The molecule has 0 fully saturated rings. The third-order valence-corrected chi connectivity index (χ3v) is 2.66. The maximum absolute atomic E-state index is 5.62.